The number of ether oxygens (including phenoxy) is 1. The first-order chi connectivity index (χ1) is 7.03. The summed E-state index contributed by atoms with van der Waals surface area (Å²) in [6.45, 7) is -0.0601. The molecule has 0 heterocycles. The van der Waals surface area contributed by atoms with Gasteiger partial charge in [0.25, 0.3) is 0 Å². The van der Waals surface area contributed by atoms with E-state index in [1.807, 2.05) is 0 Å². The van der Waals surface area contributed by atoms with Gasteiger partial charge in [0.05, 0.1) is 4.90 Å². The fourth-order valence-electron chi connectivity index (χ4n) is 0.844. The Kier molecular flexibility index (Phi) is 3.92. The Morgan fingerprint density at radius 1 is 1.53 bits per heavy atom. The second-order valence-corrected chi connectivity index (χ2v) is 3.52. The molecule has 0 atom stereocenters. The Hall–Kier alpha value is -1.28. The van der Waals surface area contributed by atoms with E-state index in [-0.39, 0.29) is 29.0 Å². The molecule has 0 unspecified atom stereocenters. The summed E-state index contributed by atoms with van der Waals surface area (Å²) in [5.74, 6) is 2.30. The molecular formula is C10H6F3OS. The molecular weight excluding hydrogens is 225 g/mol. The molecule has 0 bridgehead atoms. The molecule has 0 spiro atoms. The number of hydrogen-bond donors (Lipinski definition) is 0. The molecule has 5 heteroatoms. The molecule has 0 aliphatic rings. The summed E-state index contributed by atoms with van der Waals surface area (Å²) in [5, 5.41) is 0. The van der Waals surface area contributed by atoms with E-state index in [4.69, 9.17) is 11.2 Å². The average Bonchev–Trinajstić information content (AvgIpc) is 2.14. The third kappa shape index (κ3) is 4.17. The summed E-state index contributed by atoms with van der Waals surface area (Å²) in [4.78, 5) is -0.0414. The van der Waals surface area contributed by atoms with Crippen molar-refractivity contribution in [3.05, 3.63) is 24.3 Å². The molecule has 1 aromatic rings. The number of benzene rings is 1. The van der Waals surface area contributed by atoms with Crippen LogP contribution in [0.15, 0.2) is 23.1 Å². The minimum atomic E-state index is -4.34. The molecule has 1 rings (SSSR count). The van der Waals surface area contributed by atoms with Crippen LogP contribution in [0.5, 0.6) is 5.75 Å². The van der Waals surface area contributed by atoms with Crippen molar-refractivity contribution in [1.82, 2.24) is 0 Å². The second-order valence-electron chi connectivity index (χ2n) is 2.41. The van der Waals surface area contributed by atoms with Crippen LogP contribution in [0.3, 0.4) is 0 Å². The molecule has 0 aliphatic heterocycles. The van der Waals surface area contributed by atoms with Gasteiger partial charge >= 0.3 is 5.51 Å². The largest absolute Gasteiger partial charge is 0.480 e. The fourth-order valence-corrected chi connectivity index (χ4v) is 1.45. The van der Waals surface area contributed by atoms with Crippen LogP contribution in [-0.4, -0.2) is 12.1 Å². The maximum Gasteiger partial charge on any atom is 0.446 e. The smallest absolute Gasteiger partial charge is 0.446 e. The fraction of sp³-hybridized carbons (Fsp3) is 0.200. The lowest BCUT2D eigenvalue weighted by Crippen LogP contribution is -2.01. The third-order valence-corrected chi connectivity index (χ3v) is 2.10. The minimum absolute atomic E-state index is 0.0414. The molecule has 0 fully saturated rings. The molecule has 1 radical (unpaired) electrons. The van der Waals surface area contributed by atoms with Crippen molar-refractivity contribution in [2.75, 3.05) is 6.61 Å². The van der Waals surface area contributed by atoms with Crippen LogP contribution in [0.4, 0.5) is 13.2 Å². The van der Waals surface area contributed by atoms with Gasteiger partial charge in [-0.25, -0.2) is 0 Å². The maximum atomic E-state index is 12.1. The van der Waals surface area contributed by atoms with Crippen LogP contribution in [0.1, 0.15) is 0 Å². The van der Waals surface area contributed by atoms with Crippen molar-refractivity contribution in [2.45, 2.75) is 10.4 Å². The highest BCUT2D eigenvalue weighted by Crippen LogP contribution is 2.40. The SMILES string of the molecule is C#CCOc1cc[c]cc1SC(F)(F)F. The topological polar surface area (TPSA) is 9.23 Å². The monoisotopic (exact) mass is 231 g/mol. The van der Waals surface area contributed by atoms with Gasteiger partial charge in [-0.2, -0.15) is 13.2 Å². The van der Waals surface area contributed by atoms with Gasteiger partial charge in [0.1, 0.15) is 12.4 Å². The van der Waals surface area contributed by atoms with E-state index in [1.54, 1.807) is 0 Å². The highest BCUT2D eigenvalue weighted by molar-refractivity contribution is 8.00. The molecule has 0 amide bonds. The second kappa shape index (κ2) is 4.99. The van der Waals surface area contributed by atoms with Crippen LogP contribution in [0, 0.1) is 18.4 Å². The lowest BCUT2D eigenvalue weighted by Gasteiger charge is -2.10. The zero-order valence-corrected chi connectivity index (χ0v) is 8.28. The van der Waals surface area contributed by atoms with Gasteiger partial charge in [-0.3, -0.25) is 0 Å². The Morgan fingerprint density at radius 3 is 2.87 bits per heavy atom. The summed E-state index contributed by atoms with van der Waals surface area (Å²) in [6, 6.07) is 6.62. The number of terminal acetylenes is 1. The van der Waals surface area contributed by atoms with Crippen LogP contribution in [0.2, 0.25) is 0 Å². The molecule has 0 saturated carbocycles. The summed E-state index contributed by atoms with van der Waals surface area (Å²) in [6.07, 6.45) is 4.94. The molecule has 0 aliphatic carbocycles. The van der Waals surface area contributed by atoms with Gasteiger partial charge in [0.2, 0.25) is 0 Å². The lowest BCUT2D eigenvalue weighted by atomic mass is 10.3. The van der Waals surface area contributed by atoms with Crippen molar-refractivity contribution >= 4 is 11.8 Å². The molecule has 79 valence electrons. The number of halogens is 3. The summed E-state index contributed by atoms with van der Waals surface area (Å²) < 4.78 is 41.2. The van der Waals surface area contributed by atoms with E-state index in [0.717, 1.165) is 0 Å². The number of rotatable bonds is 3. The zero-order valence-electron chi connectivity index (χ0n) is 7.47. The van der Waals surface area contributed by atoms with E-state index in [1.165, 1.54) is 18.2 Å². The normalized spacial score (nSPS) is 10.8. The Morgan fingerprint density at radius 2 is 2.27 bits per heavy atom. The molecule has 0 aromatic heterocycles. The molecule has 0 saturated heterocycles. The van der Waals surface area contributed by atoms with Gasteiger partial charge < -0.3 is 4.74 Å². The van der Waals surface area contributed by atoms with Crippen molar-refractivity contribution in [2.24, 2.45) is 0 Å². The number of alkyl halides is 3. The average molecular weight is 231 g/mol. The molecule has 1 aromatic carbocycles. The zero-order chi connectivity index (χ0) is 11.3. The quantitative estimate of drug-likeness (QED) is 0.584. The first-order valence-electron chi connectivity index (χ1n) is 3.85. The first-order valence-corrected chi connectivity index (χ1v) is 4.66. The Balaban J connectivity index is 2.82. The Labute approximate surface area is 89.6 Å². The van der Waals surface area contributed by atoms with Crippen LogP contribution in [-0.2, 0) is 0 Å². The number of thioether (sulfide) groups is 1. The lowest BCUT2D eigenvalue weighted by molar-refractivity contribution is -0.0328. The van der Waals surface area contributed by atoms with Crippen molar-refractivity contribution in [3.8, 4) is 18.1 Å². The standard InChI is InChI=1S/C10H6F3OS/c1-2-7-14-8-5-3-4-6-9(8)15-10(11,12)13/h1,3,5-6H,7H2. The molecule has 0 N–H and O–H groups in total. The summed E-state index contributed by atoms with van der Waals surface area (Å²) >= 11 is -0.247. The van der Waals surface area contributed by atoms with Crippen LogP contribution < -0.4 is 4.74 Å². The highest BCUT2D eigenvalue weighted by atomic mass is 32.2. The van der Waals surface area contributed by atoms with Gasteiger partial charge in [0, 0.05) is 0 Å². The van der Waals surface area contributed by atoms with E-state index >= 15 is 0 Å². The predicted octanol–water partition coefficient (Wildman–Crippen LogP) is 3.11. The van der Waals surface area contributed by atoms with Gasteiger partial charge in [0.15, 0.2) is 0 Å². The third-order valence-electron chi connectivity index (χ3n) is 1.32. The van der Waals surface area contributed by atoms with Gasteiger partial charge in [-0.05, 0) is 30.0 Å². The summed E-state index contributed by atoms with van der Waals surface area (Å²) in [7, 11) is 0. The van der Waals surface area contributed by atoms with Crippen molar-refractivity contribution in [1.29, 1.82) is 0 Å². The van der Waals surface area contributed by atoms with Crippen molar-refractivity contribution in [3.63, 3.8) is 0 Å². The number of hydrogen-bond acceptors (Lipinski definition) is 2. The first kappa shape index (κ1) is 11.8. The van der Waals surface area contributed by atoms with E-state index in [9.17, 15) is 13.2 Å². The van der Waals surface area contributed by atoms with E-state index in [2.05, 4.69) is 12.0 Å². The molecule has 1 nitrogen and oxygen atoms in total. The Bertz CT molecular complexity index is 368. The summed E-state index contributed by atoms with van der Waals surface area (Å²) in [5.41, 5.74) is -4.34. The molecule has 15 heavy (non-hydrogen) atoms. The van der Waals surface area contributed by atoms with Gasteiger partial charge in [-0.1, -0.05) is 12.0 Å². The van der Waals surface area contributed by atoms with E-state index < -0.39 is 5.51 Å². The van der Waals surface area contributed by atoms with Crippen LogP contribution >= 0.6 is 11.8 Å². The van der Waals surface area contributed by atoms with Gasteiger partial charge in [-0.15, -0.1) is 6.42 Å². The highest BCUT2D eigenvalue weighted by Gasteiger charge is 2.30. The van der Waals surface area contributed by atoms with Crippen LogP contribution in [0.25, 0.3) is 0 Å². The minimum Gasteiger partial charge on any atom is -0.480 e. The van der Waals surface area contributed by atoms with Crippen molar-refractivity contribution < 1.29 is 17.9 Å². The maximum absolute atomic E-state index is 12.1. The predicted molar refractivity (Wildman–Crippen MR) is 51.5 cm³/mol. The van der Waals surface area contributed by atoms with E-state index in [0.29, 0.717) is 0 Å².